The lowest BCUT2D eigenvalue weighted by Crippen LogP contribution is -2.34. The molecule has 0 aromatic carbocycles. The molecular formula is C15H20N4O2. The minimum absolute atomic E-state index is 0.268. The van der Waals surface area contributed by atoms with Crippen molar-refractivity contribution in [3.05, 3.63) is 18.0 Å². The number of anilines is 1. The summed E-state index contributed by atoms with van der Waals surface area (Å²) < 4.78 is 1.69. The molecular weight excluding hydrogens is 268 g/mol. The molecule has 3 rings (SSSR count). The van der Waals surface area contributed by atoms with Crippen LogP contribution in [0.5, 0.6) is 0 Å². The highest BCUT2D eigenvalue weighted by molar-refractivity contribution is 6.03. The number of carboxylic acid groups (broad SMARTS) is 1. The van der Waals surface area contributed by atoms with Crippen LogP contribution >= 0.6 is 0 Å². The Labute approximate surface area is 123 Å². The van der Waals surface area contributed by atoms with Gasteiger partial charge in [0.15, 0.2) is 5.65 Å². The highest BCUT2D eigenvalue weighted by Crippen LogP contribution is 2.35. The van der Waals surface area contributed by atoms with Gasteiger partial charge in [0.1, 0.15) is 5.56 Å². The number of aromatic nitrogens is 3. The highest BCUT2D eigenvalue weighted by atomic mass is 16.4. The Morgan fingerprint density at radius 3 is 2.76 bits per heavy atom. The van der Waals surface area contributed by atoms with Crippen LogP contribution in [0.15, 0.2) is 12.4 Å². The maximum absolute atomic E-state index is 11.6. The predicted octanol–water partition coefficient (Wildman–Crippen LogP) is 2.44. The summed E-state index contributed by atoms with van der Waals surface area (Å²) >= 11 is 0. The molecule has 0 unspecified atom stereocenters. The van der Waals surface area contributed by atoms with E-state index in [1.807, 2.05) is 7.05 Å². The zero-order valence-electron chi connectivity index (χ0n) is 12.4. The first-order valence-corrected chi connectivity index (χ1v) is 7.44. The van der Waals surface area contributed by atoms with Crippen molar-refractivity contribution in [1.82, 2.24) is 14.8 Å². The van der Waals surface area contributed by atoms with Crippen LogP contribution in [0.25, 0.3) is 11.0 Å². The molecule has 2 aromatic heterocycles. The van der Waals surface area contributed by atoms with Crippen LogP contribution in [0.4, 0.5) is 5.69 Å². The number of aromatic carboxylic acids is 1. The van der Waals surface area contributed by atoms with Crippen molar-refractivity contribution in [2.45, 2.75) is 38.6 Å². The van der Waals surface area contributed by atoms with E-state index in [4.69, 9.17) is 0 Å². The minimum Gasteiger partial charge on any atom is -0.478 e. The van der Waals surface area contributed by atoms with Gasteiger partial charge in [-0.1, -0.05) is 12.8 Å². The van der Waals surface area contributed by atoms with Crippen LogP contribution < -0.4 is 4.90 Å². The first-order valence-electron chi connectivity index (χ1n) is 7.44. The van der Waals surface area contributed by atoms with Gasteiger partial charge in [-0.25, -0.2) is 9.78 Å². The van der Waals surface area contributed by atoms with E-state index in [1.54, 1.807) is 10.9 Å². The lowest BCUT2D eigenvalue weighted by Gasteiger charge is -2.31. The monoisotopic (exact) mass is 288 g/mol. The Hall–Kier alpha value is -2.11. The third kappa shape index (κ3) is 2.24. The molecule has 1 N–H and O–H groups in total. The Morgan fingerprint density at radius 2 is 2.14 bits per heavy atom. The quantitative estimate of drug-likeness (QED) is 0.935. The van der Waals surface area contributed by atoms with Gasteiger partial charge in [-0.3, -0.25) is 4.68 Å². The molecule has 2 aromatic rings. The molecule has 2 heterocycles. The van der Waals surface area contributed by atoms with E-state index in [0.717, 1.165) is 36.1 Å². The number of fused-ring (bicyclic) bond motifs is 1. The van der Waals surface area contributed by atoms with Gasteiger partial charge in [0.05, 0.1) is 17.3 Å². The molecule has 0 atom stereocenters. The maximum atomic E-state index is 11.6. The van der Waals surface area contributed by atoms with Gasteiger partial charge in [-0.2, -0.15) is 5.10 Å². The fraction of sp³-hybridized carbons (Fsp3) is 0.533. The summed E-state index contributed by atoms with van der Waals surface area (Å²) in [5, 5.41) is 14.6. The number of carbonyl (C=O) groups is 1. The van der Waals surface area contributed by atoms with Crippen LogP contribution in [0, 0.1) is 0 Å². The second kappa shape index (κ2) is 5.35. The molecule has 6 nitrogen and oxygen atoms in total. The summed E-state index contributed by atoms with van der Waals surface area (Å²) in [6.07, 6.45) is 7.85. The molecule has 1 saturated carbocycles. The highest BCUT2D eigenvalue weighted by Gasteiger charge is 2.27. The first kappa shape index (κ1) is 13.9. The molecule has 0 amide bonds. The van der Waals surface area contributed by atoms with Gasteiger partial charge in [-0.05, 0) is 19.8 Å². The predicted molar refractivity (Wildman–Crippen MR) is 80.7 cm³/mol. The number of carboxylic acids is 1. The molecule has 21 heavy (non-hydrogen) atoms. The molecule has 0 bridgehead atoms. The number of pyridine rings is 1. The lowest BCUT2D eigenvalue weighted by molar-refractivity contribution is 0.0697. The first-order chi connectivity index (χ1) is 10.1. The Morgan fingerprint density at radius 1 is 1.43 bits per heavy atom. The van der Waals surface area contributed by atoms with Gasteiger partial charge in [0.2, 0.25) is 0 Å². The van der Waals surface area contributed by atoms with Crippen molar-refractivity contribution >= 4 is 22.7 Å². The summed E-state index contributed by atoms with van der Waals surface area (Å²) in [7, 11) is 1.82. The largest absolute Gasteiger partial charge is 0.478 e. The maximum Gasteiger partial charge on any atom is 0.339 e. The van der Waals surface area contributed by atoms with Crippen LogP contribution in [0.1, 0.15) is 43.0 Å². The summed E-state index contributed by atoms with van der Waals surface area (Å²) in [5.74, 6) is -0.931. The Balaban J connectivity index is 2.21. The van der Waals surface area contributed by atoms with Gasteiger partial charge < -0.3 is 10.0 Å². The lowest BCUT2D eigenvalue weighted by atomic mass is 10.1. The van der Waals surface area contributed by atoms with Gasteiger partial charge in [-0.15, -0.1) is 0 Å². The Bertz CT molecular complexity index is 674. The standard InChI is InChI=1S/C15H20N4O2/c1-3-19(10-6-4-5-7-10)13-11-9-17-18(2)14(11)16-8-12(13)15(20)21/h8-10H,3-7H2,1-2H3,(H,20,21). The molecule has 0 saturated heterocycles. The molecule has 1 aliphatic rings. The average molecular weight is 288 g/mol. The molecule has 112 valence electrons. The molecule has 1 fully saturated rings. The number of aryl methyl sites for hydroxylation is 1. The normalized spacial score (nSPS) is 15.7. The Kier molecular flexibility index (Phi) is 3.53. The zero-order valence-corrected chi connectivity index (χ0v) is 12.4. The van der Waals surface area contributed by atoms with E-state index in [2.05, 4.69) is 21.9 Å². The van der Waals surface area contributed by atoms with E-state index in [1.165, 1.54) is 19.0 Å². The topological polar surface area (TPSA) is 71.2 Å². The van der Waals surface area contributed by atoms with Crippen molar-refractivity contribution in [1.29, 1.82) is 0 Å². The third-order valence-corrected chi connectivity index (χ3v) is 4.36. The average Bonchev–Trinajstić information content (AvgIpc) is 3.10. The third-order valence-electron chi connectivity index (χ3n) is 4.36. The molecule has 1 aliphatic carbocycles. The van der Waals surface area contributed by atoms with Crippen LogP contribution in [0.2, 0.25) is 0 Å². The molecule has 0 radical (unpaired) electrons. The van der Waals surface area contributed by atoms with Crippen LogP contribution in [0.3, 0.4) is 0 Å². The number of rotatable bonds is 4. The smallest absolute Gasteiger partial charge is 0.339 e. The van der Waals surface area contributed by atoms with E-state index < -0.39 is 5.97 Å². The van der Waals surface area contributed by atoms with E-state index in [9.17, 15) is 9.90 Å². The van der Waals surface area contributed by atoms with Crippen LogP contribution in [-0.2, 0) is 7.05 Å². The fourth-order valence-electron chi connectivity index (χ4n) is 3.36. The summed E-state index contributed by atoms with van der Waals surface area (Å²) in [6, 6.07) is 0.416. The van der Waals surface area contributed by atoms with Crippen molar-refractivity contribution in [3.63, 3.8) is 0 Å². The van der Waals surface area contributed by atoms with E-state index in [0.29, 0.717) is 6.04 Å². The SMILES string of the molecule is CCN(c1c(C(=O)O)cnc2c1cnn2C)C1CCCC1. The van der Waals surface area contributed by atoms with Crippen molar-refractivity contribution in [3.8, 4) is 0 Å². The number of hydrogen-bond donors (Lipinski definition) is 1. The van der Waals surface area contributed by atoms with Gasteiger partial charge in [0, 0.05) is 25.8 Å². The van der Waals surface area contributed by atoms with E-state index in [-0.39, 0.29) is 5.56 Å². The molecule has 0 aliphatic heterocycles. The van der Waals surface area contributed by atoms with Crippen molar-refractivity contribution < 1.29 is 9.90 Å². The van der Waals surface area contributed by atoms with Gasteiger partial charge >= 0.3 is 5.97 Å². The van der Waals surface area contributed by atoms with Crippen molar-refractivity contribution in [2.75, 3.05) is 11.4 Å². The minimum atomic E-state index is -0.931. The second-order valence-corrected chi connectivity index (χ2v) is 5.56. The van der Waals surface area contributed by atoms with Crippen molar-refractivity contribution in [2.24, 2.45) is 7.05 Å². The van der Waals surface area contributed by atoms with Gasteiger partial charge in [0.25, 0.3) is 0 Å². The van der Waals surface area contributed by atoms with Crippen LogP contribution in [-0.4, -0.2) is 38.4 Å². The summed E-state index contributed by atoms with van der Waals surface area (Å²) in [6.45, 7) is 2.87. The zero-order chi connectivity index (χ0) is 15.0. The fourth-order valence-corrected chi connectivity index (χ4v) is 3.36. The summed E-state index contributed by atoms with van der Waals surface area (Å²) in [4.78, 5) is 18.1. The second-order valence-electron chi connectivity index (χ2n) is 5.56. The van der Waals surface area contributed by atoms with E-state index >= 15 is 0 Å². The molecule has 6 heteroatoms. The number of nitrogens with zero attached hydrogens (tertiary/aromatic N) is 4. The molecule has 0 spiro atoms. The number of hydrogen-bond acceptors (Lipinski definition) is 4. The summed E-state index contributed by atoms with van der Waals surface area (Å²) in [5.41, 5.74) is 1.77.